The van der Waals surface area contributed by atoms with Crippen LogP contribution in [0.5, 0.6) is 5.75 Å². The fourth-order valence-electron chi connectivity index (χ4n) is 3.81. The summed E-state index contributed by atoms with van der Waals surface area (Å²) in [6.45, 7) is 2.43. The van der Waals surface area contributed by atoms with E-state index in [-0.39, 0.29) is 11.9 Å². The number of rotatable bonds is 13. The van der Waals surface area contributed by atoms with Crippen LogP contribution in [0.3, 0.4) is 0 Å². The quantitative estimate of drug-likeness (QED) is 0.245. The lowest BCUT2D eigenvalue weighted by molar-refractivity contribution is -0.107. The van der Waals surface area contributed by atoms with Gasteiger partial charge in [0.25, 0.3) is 5.91 Å². The Balaban J connectivity index is 1.80. The Labute approximate surface area is 199 Å². The van der Waals surface area contributed by atoms with Crippen LogP contribution in [0.1, 0.15) is 53.4 Å². The molecule has 0 aliphatic rings. The largest absolute Gasteiger partial charge is 0.497 e. The zero-order valence-corrected chi connectivity index (χ0v) is 20.3. The monoisotopic (exact) mass is 468 g/mol. The molecular weight excluding hydrogens is 436 g/mol. The molecule has 1 unspecified atom stereocenters. The van der Waals surface area contributed by atoms with E-state index in [1.54, 1.807) is 19.2 Å². The number of hydrogen-bond acceptors (Lipinski definition) is 6. The molecule has 0 aliphatic heterocycles. The average Bonchev–Trinajstić information content (AvgIpc) is 3.17. The van der Waals surface area contributed by atoms with E-state index in [4.69, 9.17) is 9.15 Å². The standard InChI is InChI=1S/C26H32N2O4S/c1-18-22-17-21(31-2)12-13-24(22)32-25(18)23(7-4-5-16-33-3)28-20-10-8-19(9-11-20)26(30)27-14-6-15-29/h8-13,15,17,23,28H,4-7,14,16H2,1-3H3,(H,27,30). The molecule has 0 fully saturated rings. The van der Waals surface area contributed by atoms with Gasteiger partial charge in [-0.05, 0) is 74.2 Å². The molecular formula is C26H32N2O4S. The summed E-state index contributed by atoms with van der Waals surface area (Å²) in [5, 5.41) is 7.41. The maximum absolute atomic E-state index is 12.2. The molecule has 7 heteroatoms. The van der Waals surface area contributed by atoms with Crippen LogP contribution >= 0.6 is 11.8 Å². The summed E-state index contributed by atoms with van der Waals surface area (Å²) in [6, 6.07) is 13.3. The number of ether oxygens (including phenoxy) is 1. The van der Waals surface area contributed by atoms with Gasteiger partial charge in [-0.15, -0.1) is 0 Å². The van der Waals surface area contributed by atoms with E-state index in [1.165, 1.54) is 0 Å². The lowest BCUT2D eigenvalue weighted by Crippen LogP contribution is -2.24. The summed E-state index contributed by atoms with van der Waals surface area (Å²) in [7, 11) is 1.67. The van der Waals surface area contributed by atoms with Gasteiger partial charge in [0.05, 0.1) is 13.2 Å². The number of aryl methyl sites for hydroxylation is 1. The molecule has 0 saturated carbocycles. The van der Waals surface area contributed by atoms with Crippen LogP contribution in [0.25, 0.3) is 11.0 Å². The zero-order valence-electron chi connectivity index (χ0n) is 19.5. The Kier molecular flexibility index (Phi) is 9.24. The Hall–Kier alpha value is -2.93. The Bertz CT molecular complexity index is 1060. The highest BCUT2D eigenvalue weighted by molar-refractivity contribution is 7.98. The van der Waals surface area contributed by atoms with Gasteiger partial charge in [0, 0.05) is 35.2 Å². The topological polar surface area (TPSA) is 80.6 Å². The predicted octanol–water partition coefficient (Wildman–Crippen LogP) is 5.76. The first-order chi connectivity index (χ1) is 16.1. The third-order valence-corrected chi connectivity index (χ3v) is 6.32. The van der Waals surface area contributed by atoms with Crippen molar-refractivity contribution in [1.29, 1.82) is 0 Å². The number of carbonyl (C=O) groups excluding carboxylic acids is 2. The number of aldehydes is 1. The van der Waals surface area contributed by atoms with E-state index in [9.17, 15) is 9.59 Å². The van der Waals surface area contributed by atoms with E-state index in [2.05, 4.69) is 23.8 Å². The number of anilines is 1. The molecule has 0 aliphatic carbocycles. The van der Waals surface area contributed by atoms with Gasteiger partial charge in [-0.3, -0.25) is 4.79 Å². The van der Waals surface area contributed by atoms with Crippen molar-refractivity contribution in [1.82, 2.24) is 5.32 Å². The van der Waals surface area contributed by atoms with Gasteiger partial charge in [-0.1, -0.05) is 6.42 Å². The van der Waals surface area contributed by atoms with Crippen LogP contribution in [-0.2, 0) is 4.79 Å². The fourth-order valence-corrected chi connectivity index (χ4v) is 4.30. The molecule has 33 heavy (non-hydrogen) atoms. The smallest absolute Gasteiger partial charge is 0.251 e. The van der Waals surface area contributed by atoms with Gasteiger partial charge < -0.3 is 24.6 Å². The van der Waals surface area contributed by atoms with E-state index in [0.29, 0.717) is 18.5 Å². The Morgan fingerprint density at radius 3 is 2.67 bits per heavy atom. The summed E-state index contributed by atoms with van der Waals surface area (Å²) in [5.41, 5.74) is 3.45. The van der Waals surface area contributed by atoms with Crippen molar-refractivity contribution in [2.24, 2.45) is 0 Å². The van der Waals surface area contributed by atoms with E-state index < -0.39 is 0 Å². The van der Waals surface area contributed by atoms with Crippen LogP contribution < -0.4 is 15.4 Å². The SMILES string of the molecule is COc1ccc2oc(C(CCCCSC)Nc3ccc(C(=O)NCCC=O)cc3)c(C)c2c1. The molecule has 1 heterocycles. The van der Waals surface area contributed by atoms with Crippen molar-refractivity contribution in [2.75, 3.05) is 31.0 Å². The average molecular weight is 469 g/mol. The molecule has 176 valence electrons. The number of amides is 1. The number of furan rings is 1. The maximum atomic E-state index is 12.2. The fraction of sp³-hybridized carbons (Fsp3) is 0.385. The molecule has 1 aromatic heterocycles. The van der Waals surface area contributed by atoms with Gasteiger partial charge in [0.1, 0.15) is 23.4 Å². The first kappa shape index (κ1) is 24.7. The van der Waals surface area contributed by atoms with E-state index >= 15 is 0 Å². The first-order valence-electron chi connectivity index (χ1n) is 11.2. The molecule has 1 atom stereocenters. The highest BCUT2D eigenvalue weighted by Gasteiger charge is 2.21. The van der Waals surface area contributed by atoms with Gasteiger partial charge >= 0.3 is 0 Å². The molecule has 2 N–H and O–H groups in total. The van der Waals surface area contributed by atoms with Crippen molar-refractivity contribution >= 4 is 40.6 Å². The van der Waals surface area contributed by atoms with Crippen LogP contribution in [0.15, 0.2) is 46.9 Å². The third-order valence-electron chi connectivity index (χ3n) is 5.62. The van der Waals surface area contributed by atoms with Gasteiger partial charge in [-0.2, -0.15) is 11.8 Å². The number of benzene rings is 2. The van der Waals surface area contributed by atoms with Crippen LogP contribution in [0.4, 0.5) is 5.69 Å². The number of unbranched alkanes of at least 4 members (excludes halogenated alkanes) is 1. The molecule has 1 amide bonds. The molecule has 0 spiro atoms. The van der Waals surface area contributed by atoms with Gasteiger partial charge in [-0.25, -0.2) is 0 Å². The second-order valence-corrected chi connectivity index (χ2v) is 8.91. The number of carbonyl (C=O) groups is 2. The molecule has 3 aromatic rings. The number of thioether (sulfide) groups is 1. The summed E-state index contributed by atoms with van der Waals surface area (Å²) in [5.74, 6) is 2.69. The van der Waals surface area contributed by atoms with Crippen LogP contribution in [-0.4, -0.2) is 37.9 Å². The summed E-state index contributed by atoms with van der Waals surface area (Å²) in [6.07, 6.45) is 6.40. The van der Waals surface area contributed by atoms with Gasteiger partial charge in [0.15, 0.2) is 0 Å². The minimum Gasteiger partial charge on any atom is -0.497 e. The van der Waals surface area contributed by atoms with Crippen LogP contribution in [0, 0.1) is 6.92 Å². The molecule has 0 saturated heterocycles. The second-order valence-electron chi connectivity index (χ2n) is 7.93. The number of nitrogens with one attached hydrogen (secondary N) is 2. The number of hydrogen-bond donors (Lipinski definition) is 2. The lowest BCUT2D eigenvalue weighted by Gasteiger charge is -2.19. The molecule has 6 nitrogen and oxygen atoms in total. The molecule has 0 radical (unpaired) electrons. The summed E-state index contributed by atoms with van der Waals surface area (Å²) < 4.78 is 11.7. The van der Waals surface area contributed by atoms with Crippen molar-refractivity contribution in [3.63, 3.8) is 0 Å². The highest BCUT2D eigenvalue weighted by atomic mass is 32.2. The Morgan fingerprint density at radius 2 is 1.97 bits per heavy atom. The summed E-state index contributed by atoms with van der Waals surface area (Å²) in [4.78, 5) is 22.6. The van der Waals surface area contributed by atoms with Crippen LogP contribution in [0.2, 0.25) is 0 Å². The minimum atomic E-state index is -0.181. The molecule has 0 bridgehead atoms. The lowest BCUT2D eigenvalue weighted by atomic mass is 10.0. The molecule has 2 aromatic carbocycles. The van der Waals surface area contributed by atoms with Crippen molar-refractivity contribution < 1.29 is 18.7 Å². The number of fused-ring (bicyclic) bond motifs is 1. The number of methoxy groups -OCH3 is 1. The molecule has 3 rings (SSSR count). The maximum Gasteiger partial charge on any atom is 0.251 e. The summed E-state index contributed by atoms with van der Waals surface area (Å²) >= 11 is 1.86. The predicted molar refractivity (Wildman–Crippen MR) is 136 cm³/mol. The minimum absolute atomic E-state index is 0.0116. The first-order valence-corrected chi connectivity index (χ1v) is 12.6. The van der Waals surface area contributed by atoms with E-state index in [1.807, 2.05) is 42.1 Å². The van der Waals surface area contributed by atoms with E-state index in [0.717, 1.165) is 65.0 Å². The Morgan fingerprint density at radius 1 is 1.18 bits per heavy atom. The van der Waals surface area contributed by atoms with Gasteiger partial charge in [0.2, 0.25) is 0 Å². The highest BCUT2D eigenvalue weighted by Crippen LogP contribution is 2.35. The third kappa shape index (κ3) is 6.54. The van der Waals surface area contributed by atoms with Crippen molar-refractivity contribution in [3.8, 4) is 5.75 Å². The van der Waals surface area contributed by atoms with Crippen molar-refractivity contribution in [3.05, 3.63) is 59.4 Å². The normalized spacial score (nSPS) is 11.8. The van der Waals surface area contributed by atoms with Crippen molar-refractivity contribution in [2.45, 2.75) is 38.6 Å². The second kappa shape index (κ2) is 12.3. The zero-order chi connectivity index (χ0) is 23.6.